The number of nitrogen functional groups attached to an aromatic ring is 1. The molecule has 4 unspecified atom stereocenters. The fourth-order valence-electron chi connectivity index (χ4n) is 1.93. The van der Waals surface area contributed by atoms with Gasteiger partial charge in [-0.15, -0.1) is 0 Å². The summed E-state index contributed by atoms with van der Waals surface area (Å²) < 4.78 is 6.59. The molecule has 0 aliphatic carbocycles. The zero-order valence-corrected chi connectivity index (χ0v) is 11.2. The summed E-state index contributed by atoms with van der Waals surface area (Å²) in [4.78, 5) is 14.9. The Kier molecular flexibility index (Phi) is 3.78. The Morgan fingerprint density at radius 3 is 2.53 bits per heavy atom. The molecule has 2 heterocycles. The Morgan fingerprint density at radius 2 is 2.11 bits per heavy atom. The molecule has 106 valence electrons. The van der Waals surface area contributed by atoms with Crippen molar-refractivity contribution < 1.29 is 24.9 Å². The van der Waals surface area contributed by atoms with Gasteiger partial charge in [0, 0.05) is 0 Å². The SMILES string of the molecule is NC(=O)c1nc(Br)n(C2OC(CO)C(O)C2O)c1N. The van der Waals surface area contributed by atoms with Crippen LogP contribution in [-0.4, -0.2) is 55.7 Å². The summed E-state index contributed by atoms with van der Waals surface area (Å²) in [5.74, 6) is -0.932. The molecule has 1 fully saturated rings. The number of amides is 1. The second-order valence-electron chi connectivity index (χ2n) is 4.08. The van der Waals surface area contributed by atoms with Gasteiger partial charge in [-0.3, -0.25) is 9.36 Å². The first-order valence-electron chi connectivity index (χ1n) is 5.34. The van der Waals surface area contributed by atoms with Crippen molar-refractivity contribution >= 4 is 27.7 Å². The van der Waals surface area contributed by atoms with Crippen molar-refractivity contribution in [1.29, 1.82) is 0 Å². The highest BCUT2D eigenvalue weighted by Crippen LogP contribution is 2.34. The molecule has 0 bridgehead atoms. The molecule has 1 aliphatic rings. The third-order valence-electron chi connectivity index (χ3n) is 2.91. The first-order chi connectivity index (χ1) is 8.88. The van der Waals surface area contributed by atoms with E-state index in [1.165, 1.54) is 4.57 Å². The zero-order valence-electron chi connectivity index (χ0n) is 9.60. The van der Waals surface area contributed by atoms with E-state index >= 15 is 0 Å². The molecule has 2 rings (SSSR count). The molecule has 0 radical (unpaired) electrons. The first kappa shape index (κ1) is 14.2. The lowest BCUT2D eigenvalue weighted by atomic mass is 10.1. The number of hydrogen-bond donors (Lipinski definition) is 5. The largest absolute Gasteiger partial charge is 0.394 e. The summed E-state index contributed by atoms with van der Waals surface area (Å²) in [6.45, 7) is -0.469. The van der Waals surface area contributed by atoms with Crippen LogP contribution in [0.25, 0.3) is 0 Å². The van der Waals surface area contributed by atoms with Crippen LogP contribution in [0, 0.1) is 0 Å². The molecule has 4 atom stereocenters. The van der Waals surface area contributed by atoms with Gasteiger partial charge in [0.2, 0.25) is 0 Å². The average Bonchev–Trinajstić information content (AvgIpc) is 2.79. The zero-order chi connectivity index (χ0) is 14.3. The van der Waals surface area contributed by atoms with Gasteiger partial charge in [0.25, 0.3) is 5.91 Å². The average molecular weight is 337 g/mol. The van der Waals surface area contributed by atoms with E-state index in [-0.39, 0.29) is 16.2 Å². The smallest absolute Gasteiger partial charge is 0.271 e. The van der Waals surface area contributed by atoms with E-state index < -0.39 is 37.1 Å². The monoisotopic (exact) mass is 336 g/mol. The van der Waals surface area contributed by atoms with E-state index in [4.69, 9.17) is 21.3 Å². The van der Waals surface area contributed by atoms with Crippen LogP contribution in [0.15, 0.2) is 4.73 Å². The molecule has 1 aromatic heterocycles. The van der Waals surface area contributed by atoms with E-state index in [0.717, 1.165) is 0 Å². The topological polar surface area (TPSA) is 157 Å². The minimum atomic E-state index is -1.33. The lowest BCUT2D eigenvalue weighted by Gasteiger charge is -2.18. The minimum Gasteiger partial charge on any atom is -0.394 e. The molecule has 0 spiro atoms. The summed E-state index contributed by atoms with van der Waals surface area (Å²) in [6, 6.07) is 0. The van der Waals surface area contributed by atoms with E-state index in [1.807, 2.05) is 0 Å². The number of carbonyl (C=O) groups is 1. The number of aromatic nitrogens is 2. The summed E-state index contributed by atoms with van der Waals surface area (Å²) in [7, 11) is 0. The van der Waals surface area contributed by atoms with Crippen LogP contribution in [-0.2, 0) is 4.74 Å². The molecular formula is C9H13BrN4O5. The second kappa shape index (κ2) is 5.06. The Balaban J connectivity index is 2.40. The molecule has 1 amide bonds. The Labute approximate surface area is 115 Å². The van der Waals surface area contributed by atoms with Crippen molar-refractivity contribution in [3.05, 3.63) is 10.4 Å². The summed E-state index contributed by atoms with van der Waals surface area (Å²) >= 11 is 3.06. The van der Waals surface area contributed by atoms with Gasteiger partial charge in [-0.2, -0.15) is 0 Å². The predicted molar refractivity (Wildman–Crippen MR) is 65.9 cm³/mol. The Bertz CT molecular complexity index is 507. The number of nitrogens with zero attached hydrogens (tertiary/aromatic N) is 2. The normalized spacial score (nSPS) is 30.7. The molecule has 19 heavy (non-hydrogen) atoms. The number of anilines is 1. The molecule has 0 saturated carbocycles. The third-order valence-corrected chi connectivity index (χ3v) is 3.47. The lowest BCUT2D eigenvalue weighted by Crippen LogP contribution is -2.33. The van der Waals surface area contributed by atoms with E-state index in [2.05, 4.69) is 20.9 Å². The van der Waals surface area contributed by atoms with Crippen LogP contribution in [0.4, 0.5) is 5.82 Å². The van der Waals surface area contributed by atoms with Crippen molar-refractivity contribution in [2.45, 2.75) is 24.5 Å². The maximum absolute atomic E-state index is 11.1. The molecule has 10 heteroatoms. The van der Waals surface area contributed by atoms with Crippen molar-refractivity contribution in [3.8, 4) is 0 Å². The quantitative estimate of drug-likeness (QED) is 0.424. The van der Waals surface area contributed by atoms with Crippen LogP contribution in [0.5, 0.6) is 0 Å². The highest BCUT2D eigenvalue weighted by Gasteiger charge is 2.45. The number of nitrogens with two attached hydrogens (primary N) is 2. The molecule has 0 aromatic carbocycles. The number of aliphatic hydroxyl groups excluding tert-OH is 3. The van der Waals surface area contributed by atoms with Crippen molar-refractivity contribution in [2.24, 2.45) is 5.73 Å². The van der Waals surface area contributed by atoms with Crippen LogP contribution < -0.4 is 11.5 Å². The molecule has 1 aromatic rings. The second-order valence-corrected chi connectivity index (χ2v) is 4.79. The van der Waals surface area contributed by atoms with Gasteiger partial charge in [-0.25, -0.2) is 4.98 Å². The van der Waals surface area contributed by atoms with Crippen LogP contribution in [0.3, 0.4) is 0 Å². The van der Waals surface area contributed by atoms with Crippen LogP contribution >= 0.6 is 15.9 Å². The standard InChI is InChI=1S/C9H13BrN4O5/c10-9-13-3(7(12)18)6(11)14(9)8-5(17)4(16)2(1-15)19-8/h2,4-5,8,15-17H,1,11H2,(H2,12,18). The van der Waals surface area contributed by atoms with Crippen LogP contribution in [0.1, 0.15) is 16.7 Å². The Morgan fingerprint density at radius 1 is 1.47 bits per heavy atom. The Hall–Kier alpha value is -1.20. The molecular weight excluding hydrogens is 324 g/mol. The molecule has 1 saturated heterocycles. The van der Waals surface area contributed by atoms with Crippen LogP contribution in [0.2, 0.25) is 0 Å². The number of imidazole rings is 1. The number of primary amides is 1. The lowest BCUT2D eigenvalue weighted by molar-refractivity contribution is -0.0528. The number of carbonyl (C=O) groups excluding carboxylic acids is 1. The number of ether oxygens (including phenoxy) is 1. The van der Waals surface area contributed by atoms with Crippen molar-refractivity contribution in [1.82, 2.24) is 9.55 Å². The maximum atomic E-state index is 11.1. The first-order valence-corrected chi connectivity index (χ1v) is 6.13. The van der Waals surface area contributed by atoms with Crippen molar-refractivity contribution in [3.63, 3.8) is 0 Å². The number of rotatable bonds is 3. The number of hydrogen-bond acceptors (Lipinski definition) is 7. The number of aliphatic hydroxyl groups is 3. The van der Waals surface area contributed by atoms with E-state index in [1.54, 1.807) is 0 Å². The third kappa shape index (κ3) is 2.21. The van der Waals surface area contributed by atoms with Gasteiger partial charge in [0.1, 0.15) is 24.1 Å². The van der Waals surface area contributed by atoms with Gasteiger partial charge < -0.3 is 31.5 Å². The summed E-state index contributed by atoms with van der Waals surface area (Å²) in [5.41, 5.74) is 10.6. The van der Waals surface area contributed by atoms with E-state index in [9.17, 15) is 15.0 Å². The fraction of sp³-hybridized carbons (Fsp3) is 0.556. The van der Waals surface area contributed by atoms with Crippen molar-refractivity contribution in [2.75, 3.05) is 12.3 Å². The molecule has 7 N–H and O–H groups in total. The highest BCUT2D eigenvalue weighted by atomic mass is 79.9. The number of halogens is 1. The molecule has 1 aliphatic heterocycles. The highest BCUT2D eigenvalue weighted by molar-refractivity contribution is 9.10. The van der Waals surface area contributed by atoms with Gasteiger partial charge in [0.15, 0.2) is 16.7 Å². The molecule has 9 nitrogen and oxygen atoms in total. The van der Waals surface area contributed by atoms with Gasteiger partial charge in [-0.1, -0.05) is 0 Å². The predicted octanol–water partition coefficient (Wildman–Crippen LogP) is -2.06. The van der Waals surface area contributed by atoms with Gasteiger partial charge in [-0.05, 0) is 15.9 Å². The summed E-state index contributed by atoms with van der Waals surface area (Å²) in [6.07, 6.45) is -4.64. The van der Waals surface area contributed by atoms with Gasteiger partial charge >= 0.3 is 0 Å². The van der Waals surface area contributed by atoms with Gasteiger partial charge in [0.05, 0.1) is 6.61 Å². The fourth-order valence-corrected chi connectivity index (χ4v) is 2.50. The van der Waals surface area contributed by atoms with E-state index in [0.29, 0.717) is 0 Å². The minimum absolute atomic E-state index is 0.103. The maximum Gasteiger partial charge on any atom is 0.271 e. The summed E-state index contributed by atoms with van der Waals surface area (Å²) in [5, 5.41) is 28.6.